The SMILES string of the molecule is CC(=O)N1CCC(CC(=O)N(C)Cc2ccncc2)CC1. The monoisotopic (exact) mass is 289 g/mol. The Morgan fingerprint density at radius 2 is 1.90 bits per heavy atom. The molecule has 5 nitrogen and oxygen atoms in total. The Balaban J connectivity index is 1.78. The van der Waals surface area contributed by atoms with Crippen LogP contribution in [0.3, 0.4) is 0 Å². The van der Waals surface area contributed by atoms with Crippen molar-refractivity contribution >= 4 is 11.8 Å². The van der Waals surface area contributed by atoms with Gasteiger partial charge in [-0.1, -0.05) is 0 Å². The largest absolute Gasteiger partial charge is 0.343 e. The summed E-state index contributed by atoms with van der Waals surface area (Å²) in [7, 11) is 1.84. The summed E-state index contributed by atoms with van der Waals surface area (Å²) in [5.74, 6) is 0.704. The number of pyridine rings is 1. The lowest BCUT2D eigenvalue weighted by atomic mass is 9.93. The Bertz CT molecular complexity index is 482. The summed E-state index contributed by atoms with van der Waals surface area (Å²) in [6.45, 7) is 3.78. The fourth-order valence-corrected chi connectivity index (χ4v) is 2.71. The zero-order chi connectivity index (χ0) is 15.2. The van der Waals surface area contributed by atoms with Crippen LogP contribution in [0.2, 0.25) is 0 Å². The Morgan fingerprint density at radius 3 is 2.48 bits per heavy atom. The number of aromatic nitrogens is 1. The Morgan fingerprint density at radius 1 is 1.29 bits per heavy atom. The third-order valence-electron chi connectivity index (χ3n) is 4.12. The average Bonchev–Trinajstić information content (AvgIpc) is 2.48. The van der Waals surface area contributed by atoms with E-state index in [1.165, 1.54) is 0 Å². The zero-order valence-electron chi connectivity index (χ0n) is 12.8. The van der Waals surface area contributed by atoms with E-state index in [0.717, 1.165) is 31.5 Å². The molecule has 2 rings (SSSR count). The highest BCUT2D eigenvalue weighted by molar-refractivity contribution is 5.76. The first-order valence-electron chi connectivity index (χ1n) is 7.44. The molecule has 114 valence electrons. The first kappa shape index (κ1) is 15.5. The van der Waals surface area contributed by atoms with Crippen LogP contribution in [0.5, 0.6) is 0 Å². The van der Waals surface area contributed by atoms with E-state index in [9.17, 15) is 9.59 Å². The van der Waals surface area contributed by atoms with E-state index in [1.54, 1.807) is 24.2 Å². The first-order chi connectivity index (χ1) is 10.1. The molecule has 2 amide bonds. The lowest BCUT2D eigenvalue weighted by Gasteiger charge is -2.31. The van der Waals surface area contributed by atoms with E-state index in [-0.39, 0.29) is 11.8 Å². The second kappa shape index (κ2) is 7.20. The minimum Gasteiger partial charge on any atom is -0.343 e. The molecule has 1 saturated heterocycles. The van der Waals surface area contributed by atoms with Gasteiger partial charge in [-0.05, 0) is 36.5 Å². The zero-order valence-corrected chi connectivity index (χ0v) is 12.8. The second-order valence-corrected chi connectivity index (χ2v) is 5.76. The molecule has 1 aliphatic rings. The molecule has 0 aromatic carbocycles. The fraction of sp³-hybridized carbons (Fsp3) is 0.562. The van der Waals surface area contributed by atoms with Crippen molar-refractivity contribution in [3.8, 4) is 0 Å². The van der Waals surface area contributed by atoms with Gasteiger partial charge in [0.25, 0.3) is 0 Å². The van der Waals surface area contributed by atoms with E-state index >= 15 is 0 Å². The van der Waals surface area contributed by atoms with Crippen LogP contribution in [0.1, 0.15) is 31.7 Å². The number of amides is 2. The molecule has 0 atom stereocenters. The highest BCUT2D eigenvalue weighted by Crippen LogP contribution is 2.21. The molecule has 0 saturated carbocycles. The molecule has 5 heteroatoms. The van der Waals surface area contributed by atoms with Crippen molar-refractivity contribution in [1.29, 1.82) is 0 Å². The van der Waals surface area contributed by atoms with Gasteiger partial charge in [-0.15, -0.1) is 0 Å². The summed E-state index contributed by atoms with van der Waals surface area (Å²) in [6.07, 6.45) is 5.91. The van der Waals surface area contributed by atoms with Gasteiger partial charge in [-0.25, -0.2) is 0 Å². The van der Waals surface area contributed by atoms with Gasteiger partial charge < -0.3 is 9.80 Å². The maximum Gasteiger partial charge on any atom is 0.222 e. The van der Waals surface area contributed by atoms with Crippen molar-refractivity contribution < 1.29 is 9.59 Å². The number of nitrogens with zero attached hydrogens (tertiary/aromatic N) is 3. The van der Waals surface area contributed by atoms with Crippen molar-refractivity contribution in [2.45, 2.75) is 32.7 Å². The molecule has 21 heavy (non-hydrogen) atoms. The Labute approximate surface area is 126 Å². The Hall–Kier alpha value is -1.91. The molecule has 1 fully saturated rings. The molecule has 0 radical (unpaired) electrons. The van der Waals surface area contributed by atoms with Crippen LogP contribution in [0.4, 0.5) is 0 Å². The predicted molar refractivity (Wildman–Crippen MR) is 80.3 cm³/mol. The summed E-state index contributed by atoms with van der Waals surface area (Å²) in [6, 6.07) is 3.85. The molecule has 0 unspecified atom stereocenters. The topological polar surface area (TPSA) is 53.5 Å². The van der Waals surface area contributed by atoms with Gasteiger partial charge >= 0.3 is 0 Å². The summed E-state index contributed by atoms with van der Waals surface area (Å²) >= 11 is 0. The molecule has 1 aromatic rings. The highest BCUT2D eigenvalue weighted by atomic mass is 16.2. The summed E-state index contributed by atoms with van der Waals surface area (Å²) in [5, 5.41) is 0. The smallest absolute Gasteiger partial charge is 0.222 e. The lowest BCUT2D eigenvalue weighted by molar-refractivity contribution is -0.132. The van der Waals surface area contributed by atoms with Crippen molar-refractivity contribution in [2.75, 3.05) is 20.1 Å². The number of hydrogen-bond donors (Lipinski definition) is 0. The van der Waals surface area contributed by atoms with Gasteiger partial charge in [0.15, 0.2) is 0 Å². The number of carbonyl (C=O) groups excluding carboxylic acids is 2. The number of carbonyl (C=O) groups is 2. The quantitative estimate of drug-likeness (QED) is 0.847. The van der Waals surface area contributed by atoms with E-state index < -0.39 is 0 Å². The Kier molecular flexibility index (Phi) is 5.31. The fourth-order valence-electron chi connectivity index (χ4n) is 2.71. The molecule has 0 N–H and O–H groups in total. The van der Waals surface area contributed by atoms with Crippen LogP contribution >= 0.6 is 0 Å². The third-order valence-corrected chi connectivity index (χ3v) is 4.12. The number of rotatable bonds is 4. The highest BCUT2D eigenvalue weighted by Gasteiger charge is 2.23. The molecule has 0 bridgehead atoms. The number of piperidine rings is 1. The molecular weight excluding hydrogens is 266 g/mol. The van der Waals surface area contributed by atoms with Crippen molar-refractivity contribution in [1.82, 2.24) is 14.8 Å². The van der Waals surface area contributed by atoms with Crippen molar-refractivity contribution in [3.05, 3.63) is 30.1 Å². The predicted octanol–water partition coefficient (Wildman–Crippen LogP) is 1.69. The number of likely N-dealkylation sites (tertiary alicyclic amines) is 1. The molecule has 0 spiro atoms. The van der Waals surface area contributed by atoms with Gasteiger partial charge in [0, 0.05) is 52.4 Å². The standard InChI is InChI=1S/C16H23N3O2/c1-13(20)19-9-5-14(6-10-19)11-16(21)18(2)12-15-3-7-17-8-4-15/h3-4,7-8,14H,5-6,9-12H2,1-2H3. The summed E-state index contributed by atoms with van der Waals surface area (Å²) in [4.78, 5) is 31.2. The van der Waals surface area contributed by atoms with Gasteiger partial charge in [-0.2, -0.15) is 0 Å². The normalized spacial score (nSPS) is 15.8. The first-order valence-corrected chi connectivity index (χ1v) is 7.44. The van der Waals surface area contributed by atoms with Crippen LogP contribution in [-0.4, -0.2) is 46.7 Å². The maximum absolute atomic E-state index is 12.3. The minimum atomic E-state index is 0.134. The van der Waals surface area contributed by atoms with Crippen LogP contribution in [0, 0.1) is 5.92 Å². The third kappa shape index (κ3) is 4.55. The lowest BCUT2D eigenvalue weighted by Crippen LogP contribution is -2.38. The average molecular weight is 289 g/mol. The van der Waals surface area contributed by atoms with Gasteiger partial charge in [0.2, 0.25) is 11.8 Å². The molecular formula is C16H23N3O2. The second-order valence-electron chi connectivity index (χ2n) is 5.76. The minimum absolute atomic E-state index is 0.134. The summed E-state index contributed by atoms with van der Waals surface area (Å²) in [5.41, 5.74) is 1.09. The maximum atomic E-state index is 12.3. The van der Waals surface area contributed by atoms with Gasteiger partial charge in [-0.3, -0.25) is 14.6 Å². The van der Waals surface area contributed by atoms with Crippen molar-refractivity contribution in [2.24, 2.45) is 5.92 Å². The summed E-state index contributed by atoms with van der Waals surface area (Å²) < 4.78 is 0. The molecule has 2 heterocycles. The van der Waals surface area contributed by atoms with Crippen LogP contribution < -0.4 is 0 Å². The van der Waals surface area contributed by atoms with Gasteiger partial charge in [0.1, 0.15) is 0 Å². The van der Waals surface area contributed by atoms with E-state index in [1.807, 2.05) is 24.1 Å². The molecule has 1 aliphatic heterocycles. The van der Waals surface area contributed by atoms with Crippen molar-refractivity contribution in [3.63, 3.8) is 0 Å². The van der Waals surface area contributed by atoms with Gasteiger partial charge in [0.05, 0.1) is 0 Å². The van der Waals surface area contributed by atoms with E-state index in [2.05, 4.69) is 4.98 Å². The van der Waals surface area contributed by atoms with Crippen LogP contribution in [-0.2, 0) is 16.1 Å². The van der Waals surface area contributed by atoms with E-state index in [0.29, 0.717) is 18.9 Å². The molecule has 1 aromatic heterocycles. The molecule has 0 aliphatic carbocycles. The van der Waals surface area contributed by atoms with Crippen LogP contribution in [0.25, 0.3) is 0 Å². The van der Waals surface area contributed by atoms with E-state index in [4.69, 9.17) is 0 Å². The van der Waals surface area contributed by atoms with Crippen LogP contribution in [0.15, 0.2) is 24.5 Å². The number of hydrogen-bond acceptors (Lipinski definition) is 3.